The first-order chi connectivity index (χ1) is 18.0. The Morgan fingerprint density at radius 1 is 0.730 bits per heavy atom. The summed E-state index contributed by atoms with van der Waals surface area (Å²) in [4.78, 5) is 17.8. The summed E-state index contributed by atoms with van der Waals surface area (Å²) in [6.07, 6.45) is 3.16. The summed E-state index contributed by atoms with van der Waals surface area (Å²) in [5.41, 5.74) is 3.20. The summed E-state index contributed by atoms with van der Waals surface area (Å²) in [5.74, 6) is 0.737. The van der Waals surface area contributed by atoms with Gasteiger partial charge in [0, 0.05) is 51.4 Å². The molecule has 0 N–H and O–H groups in total. The number of rotatable bonds is 7. The molecule has 2 heterocycles. The van der Waals surface area contributed by atoms with Crippen molar-refractivity contribution in [2.75, 3.05) is 39.3 Å². The number of nitrogens with zero attached hydrogens (tertiary/aromatic N) is 3. The zero-order valence-electron chi connectivity index (χ0n) is 21.2. The lowest BCUT2D eigenvalue weighted by atomic mass is 9.90. The SMILES string of the molecule is O=C(c1cccc(CN2CCN(S(=O)(=O)c3ccccc3)CC2)c1)N1CCC(Cc2ccccc2)CC1. The van der Waals surface area contributed by atoms with Crippen LogP contribution in [0.15, 0.2) is 89.8 Å². The van der Waals surface area contributed by atoms with E-state index in [0.717, 1.165) is 43.5 Å². The second-order valence-corrected chi connectivity index (χ2v) is 12.1. The van der Waals surface area contributed by atoms with Crippen LogP contribution in [0.4, 0.5) is 0 Å². The standard InChI is InChI=1S/C30H35N3O3S/c34-30(32-16-14-26(15-17-32)22-25-8-3-1-4-9-25)28-11-7-10-27(23-28)24-31-18-20-33(21-19-31)37(35,36)29-12-5-2-6-13-29/h1-13,23,26H,14-22,24H2. The van der Waals surface area contributed by atoms with Crippen molar-refractivity contribution in [2.24, 2.45) is 5.92 Å². The van der Waals surface area contributed by atoms with E-state index in [0.29, 0.717) is 43.5 Å². The Morgan fingerprint density at radius 2 is 1.35 bits per heavy atom. The molecule has 2 aliphatic heterocycles. The molecule has 0 aromatic heterocycles. The van der Waals surface area contributed by atoms with E-state index in [2.05, 4.69) is 41.3 Å². The second-order valence-electron chi connectivity index (χ2n) is 10.1. The number of carbonyl (C=O) groups excluding carboxylic acids is 1. The van der Waals surface area contributed by atoms with Crippen molar-refractivity contribution in [3.05, 3.63) is 102 Å². The van der Waals surface area contributed by atoms with Gasteiger partial charge in [0.1, 0.15) is 0 Å². The van der Waals surface area contributed by atoms with Crippen LogP contribution in [-0.4, -0.2) is 67.7 Å². The summed E-state index contributed by atoms with van der Waals surface area (Å²) >= 11 is 0. The molecule has 0 radical (unpaired) electrons. The van der Waals surface area contributed by atoms with Crippen LogP contribution in [0.2, 0.25) is 0 Å². The molecule has 1 amide bonds. The number of benzene rings is 3. The molecule has 0 bridgehead atoms. The highest BCUT2D eigenvalue weighted by Gasteiger charge is 2.28. The average molecular weight is 518 g/mol. The van der Waals surface area contributed by atoms with Crippen LogP contribution in [0.3, 0.4) is 0 Å². The van der Waals surface area contributed by atoms with E-state index in [-0.39, 0.29) is 5.91 Å². The van der Waals surface area contributed by atoms with Crippen molar-refractivity contribution < 1.29 is 13.2 Å². The second kappa shape index (κ2) is 11.6. The van der Waals surface area contributed by atoms with Crippen molar-refractivity contribution >= 4 is 15.9 Å². The van der Waals surface area contributed by atoms with Crippen molar-refractivity contribution in [1.82, 2.24) is 14.1 Å². The maximum absolute atomic E-state index is 13.2. The van der Waals surface area contributed by atoms with Crippen molar-refractivity contribution in [1.29, 1.82) is 0 Å². The van der Waals surface area contributed by atoms with E-state index in [1.807, 2.05) is 29.2 Å². The molecule has 0 atom stereocenters. The number of sulfonamides is 1. The fraction of sp³-hybridized carbons (Fsp3) is 0.367. The predicted molar refractivity (Wildman–Crippen MR) is 146 cm³/mol. The molecule has 37 heavy (non-hydrogen) atoms. The van der Waals surface area contributed by atoms with Gasteiger partial charge in [-0.2, -0.15) is 4.31 Å². The monoisotopic (exact) mass is 517 g/mol. The minimum atomic E-state index is -3.45. The van der Waals surface area contributed by atoms with Crippen molar-refractivity contribution in [2.45, 2.75) is 30.7 Å². The molecular formula is C30H35N3O3S. The predicted octanol–water partition coefficient (Wildman–Crippen LogP) is 4.29. The number of hydrogen-bond donors (Lipinski definition) is 0. The fourth-order valence-corrected chi connectivity index (χ4v) is 6.84. The van der Waals surface area contributed by atoms with Gasteiger partial charge in [-0.3, -0.25) is 9.69 Å². The highest BCUT2D eigenvalue weighted by molar-refractivity contribution is 7.89. The molecule has 2 saturated heterocycles. The van der Waals surface area contributed by atoms with Gasteiger partial charge in [0.2, 0.25) is 10.0 Å². The van der Waals surface area contributed by atoms with Crippen LogP contribution in [0.25, 0.3) is 0 Å². The van der Waals surface area contributed by atoms with Gasteiger partial charge in [-0.05, 0) is 60.6 Å². The Labute approximate surface area is 220 Å². The van der Waals surface area contributed by atoms with Gasteiger partial charge in [-0.1, -0.05) is 60.7 Å². The van der Waals surface area contributed by atoms with E-state index in [9.17, 15) is 13.2 Å². The molecule has 0 unspecified atom stereocenters. The number of amides is 1. The molecule has 0 aliphatic carbocycles. The third-order valence-electron chi connectivity index (χ3n) is 7.56. The Morgan fingerprint density at radius 3 is 2.03 bits per heavy atom. The van der Waals surface area contributed by atoms with Crippen molar-refractivity contribution in [3.63, 3.8) is 0 Å². The minimum absolute atomic E-state index is 0.110. The molecule has 0 saturated carbocycles. The average Bonchev–Trinajstić information content (AvgIpc) is 2.95. The van der Waals surface area contributed by atoms with Crippen LogP contribution >= 0.6 is 0 Å². The zero-order chi connectivity index (χ0) is 25.7. The van der Waals surface area contributed by atoms with Gasteiger partial charge in [0.05, 0.1) is 4.90 Å². The molecule has 6 nitrogen and oxygen atoms in total. The van der Waals surface area contributed by atoms with Crippen molar-refractivity contribution in [3.8, 4) is 0 Å². The fourth-order valence-electron chi connectivity index (χ4n) is 5.40. The molecule has 194 valence electrons. The number of piperazine rings is 1. The molecule has 2 aliphatic rings. The first-order valence-corrected chi connectivity index (χ1v) is 14.6. The van der Waals surface area contributed by atoms with E-state index < -0.39 is 10.0 Å². The van der Waals surface area contributed by atoms with E-state index in [1.165, 1.54) is 5.56 Å². The number of likely N-dealkylation sites (tertiary alicyclic amines) is 1. The van der Waals surface area contributed by atoms with Gasteiger partial charge < -0.3 is 4.90 Å². The van der Waals surface area contributed by atoms with Crippen LogP contribution in [-0.2, 0) is 23.0 Å². The molecule has 2 fully saturated rings. The smallest absolute Gasteiger partial charge is 0.253 e. The van der Waals surface area contributed by atoms with E-state index >= 15 is 0 Å². The van der Waals surface area contributed by atoms with E-state index in [1.54, 1.807) is 28.6 Å². The molecular weight excluding hydrogens is 482 g/mol. The van der Waals surface area contributed by atoms with Crippen LogP contribution < -0.4 is 0 Å². The van der Waals surface area contributed by atoms with Gasteiger partial charge in [-0.25, -0.2) is 8.42 Å². The molecule has 3 aromatic rings. The lowest BCUT2D eigenvalue weighted by Gasteiger charge is -2.34. The normalized spacial score (nSPS) is 18.1. The first kappa shape index (κ1) is 25.6. The lowest BCUT2D eigenvalue weighted by molar-refractivity contribution is 0.0690. The summed E-state index contributed by atoms with van der Waals surface area (Å²) in [5, 5.41) is 0. The Balaban J connectivity index is 1.13. The molecule has 3 aromatic carbocycles. The summed E-state index contributed by atoms with van der Waals surface area (Å²) in [7, 11) is -3.45. The summed E-state index contributed by atoms with van der Waals surface area (Å²) < 4.78 is 27.4. The quantitative estimate of drug-likeness (QED) is 0.469. The number of carbonyl (C=O) groups is 1. The van der Waals surface area contributed by atoms with Crippen LogP contribution in [0.5, 0.6) is 0 Å². The maximum atomic E-state index is 13.2. The third-order valence-corrected chi connectivity index (χ3v) is 9.47. The Kier molecular flexibility index (Phi) is 8.03. The lowest BCUT2D eigenvalue weighted by Crippen LogP contribution is -2.48. The zero-order valence-corrected chi connectivity index (χ0v) is 22.0. The highest BCUT2D eigenvalue weighted by Crippen LogP contribution is 2.24. The Hall–Kier alpha value is -3.00. The van der Waals surface area contributed by atoms with E-state index in [4.69, 9.17) is 0 Å². The largest absolute Gasteiger partial charge is 0.339 e. The molecule has 5 rings (SSSR count). The highest BCUT2D eigenvalue weighted by atomic mass is 32.2. The number of piperidine rings is 1. The van der Waals surface area contributed by atoms with Gasteiger partial charge in [0.25, 0.3) is 5.91 Å². The molecule has 7 heteroatoms. The summed E-state index contributed by atoms with van der Waals surface area (Å²) in [6, 6.07) is 27.2. The summed E-state index contributed by atoms with van der Waals surface area (Å²) in [6.45, 7) is 4.58. The minimum Gasteiger partial charge on any atom is -0.339 e. The Bertz CT molecular complexity index is 1280. The van der Waals surface area contributed by atoms with Crippen LogP contribution in [0.1, 0.15) is 34.3 Å². The van der Waals surface area contributed by atoms with Gasteiger partial charge >= 0.3 is 0 Å². The van der Waals surface area contributed by atoms with Crippen LogP contribution in [0, 0.1) is 5.92 Å². The topological polar surface area (TPSA) is 60.9 Å². The first-order valence-electron chi connectivity index (χ1n) is 13.2. The third kappa shape index (κ3) is 6.29. The maximum Gasteiger partial charge on any atom is 0.253 e. The number of hydrogen-bond acceptors (Lipinski definition) is 4. The van der Waals surface area contributed by atoms with Gasteiger partial charge in [-0.15, -0.1) is 0 Å². The van der Waals surface area contributed by atoms with Gasteiger partial charge in [0.15, 0.2) is 0 Å². The molecule has 0 spiro atoms.